The van der Waals surface area contributed by atoms with Crippen LogP contribution in [-0.2, 0) is 19.4 Å². The number of aryl methyl sites for hydroxylation is 3. The molecular formula is C31H40N4O. The third-order valence-corrected chi connectivity index (χ3v) is 8.99. The Kier molecular flexibility index (Phi) is 6.59. The van der Waals surface area contributed by atoms with Crippen molar-refractivity contribution < 1.29 is 4.79 Å². The topological polar surface area (TPSA) is 41.4 Å². The molecule has 2 aromatic heterocycles. The zero-order valence-corrected chi connectivity index (χ0v) is 22.1. The summed E-state index contributed by atoms with van der Waals surface area (Å²) in [5.74, 6) is 1.74. The summed E-state index contributed by atoms with van der Waals surface area (Å²) in [6.07, 6.45) is 11.1. The van der Waals surface area contributed by atoms with Crippen molar-refractivity contribution in [2.45, 2.75) is 71.8 Å². The maximum Gasteiger partial charge on any atom is 0.165 e. The van der Waals surface area contributed by atoms with Crippen LogP contribution in [0.4, 0.5) is 5.82 Å². The van der Waals surface area contributed by atoms with Crippen LogP contribution in [0.25, 0.3) is 10.9 Å². The molecule has 0 radical (unpaired) electrons. The van der Waals surface area contributed by atoms with E-state index in [0.29, 0.717) is 5.78 Å². The van der Waals surface area contributed by atoms with Gasteiger partial charge in [0.2, 0.25) is 0 Å². The van der Waals surface area contributed by atoms with E-state index in [2.05, 4.69) is 57.5 Å². The number of anilines is 1. The third-order valence-electron chi connectivity index (χ3n) is 8.99. The molecule has 1 aliphatic carbocycles. The molecule has 0 amide bonds. The summed E-state index contributed by atoms with van der Waals surface area (Å²) in [5.41, 5.74) is 7.93. The molecule has 0 spiro atoms. The zero-order valence-electron chi connectivity index (χ0n) is 22.1. The lowest BCUT2D eigenvalue weighted by molar-refractivity contribution is 0.0889. The van der Waals surface area contributed by atoms with Crippen LogP contribution in [0.5, 0.6) is 0 Å². The predicted octanol–water partition coefficient (Wildman–Crippen LogP) is 5.73. The van der Waals surface area contributed by atoms with E-state index >= 15 is 0 Å². The first-order valence-corrected chi connectivity index (χ1v) is 14.2. The fourth-order valence-electron chi connectivity index (χ4n) is 6.89. The van der Waals surface area contributed by atoms with Gasteiger partial charge < -0.3 is 9.47 Å². The molecule has 2 fully saturated rings. The monoisotopic (exact) mass is 484 g/mol. The van der Waals surface area contributed by atoms with Gasteiger partial charge in [0.1, 0.15) is 5.82 Å². The maximum atomic E-state index is 13.5. The molecule has 1 aromatic carbocycles. The minimum absolute atomic E-state index is 0.234. The van der Waals surface area contributed by atoms with E-state index in [4.69, 9.17) is 0 Å². The second-order valence-electron chi connectivity index (χ2n) is 11.3. The first-order chi connectivity index (χ1) is 17.6. The zero-order chi connectivity index (χ0) is 24.6. The number of Topliss-reactive ketones (excluding diaryl/α,β-unsaturated/α-hetero) is 1. The maximum absolute atomic E-state index is 13.5. The average molecular weight is 485 g/mol. The van der Waals surface area contributed by atoms with Crippen LogP contribution in [0.15, 0.2) is 30.5 Å². The number of carbonyl (C=O) groups is 1. The van der Waals surface area contributed by atoms with Crippen LogP contribution in [-0.4, -0.2) is 53.0 Å². The number of carbonyl (C=O) groups excluding carboxylic acids is 1. The van der Waals surface area contributed by atoms with Crippen molar-refractivity contribution in [3.63, 3.8) is 0 Å². The Balaban J connectivity index is 1.21. The van der Waals surface area contributed by atoms with Crippen molar-refractivity contribution in [3.05, 3.63) is 58.4 Å². The van der Waals surface area contributed by atoms with Gasteiger partial charge in [-0.2, -0.15) is 0 Å². The van der Waals surface area contributed by atoms with Crippen molar-refractivity contribution in [1.82, 2.24) is 14.5 Å². The highest BCUT2D eigenvalue weighted by Crippen LogP contribution is 2.36. The summed E-state index contributed by atoms with van der Waals surface area (Å²) in [6.45, 7) is 10.8. The summed E-state index contributed by atoms with van der Waals surface area (Å²) in [4.78, 5) is 23.1. The van der Waals surface area contributed by atoms with Gasteiger partial charge in [-0.25, -0.2) is 4.98 Å². The number of benzene rings is 1. The third kappa shape index (κ3) is 4.47. The van der Waals surface area contributed by atoms with Gasteiger partial charge in [0.25, 0.3) is 0 Å². The molecule has 5 nitrogen and oxygen atoms in total. The molecule has 36 heavy (non-hydrogen) atoms. The SMILES string of the molecule is Cc1ccnc(N2CCN(CCc3c(C)n4c5c(cc(C(=O)C6CCCCC6)cc35)CCC4)CC2)c1. The van der Waals surface area contributed by atoms with Crippen LogP contribution in [0.2, 0.25) is 0 Å². The van der Waals surface area contributed by atoms with Crippen molar-refractivity contribution in [3.8, 4) is 0 Å². The number of ketones is 1. The molecule has 3 aromatic rings. The van der Waals surface area contributed by atoms with Crippen LogP contribution in [0, 0.1) is 19.8 Å². The minimum Gasteiger partial charge on any atom is -0.354 e. The Morgan fingerprint density at radius 1 is 0.972 bits per heavy atom. The minimum atomic E-state index is 0.234. The fraction of sp³-hybridized carbons (Fsp3) is 0.548. The Morgan fingerprint density at radius 3 is 2.56 bits per heavy atom. The first-order valence-electron chi connectivity index (χ1n) is 14.2. The normalized spacial score (nSPS) is 19.2. The standard InChI is InChI=1S/C31H40N4O/c1-22-10-12-32-29(19-22)34-17-15-33(16-18-34)14-11-27-23(2)35-13-6-9-25-20-26(21-28(27)30(25)35)31(36)24-7-4-3-5-8-24/h10,12,19-21,24H,3-9,11,13-18H2,1-2H3. The van der Waals surface area contributed by atoms with E-state index in [1.165, 1.54) is 59.0 Å². The van der Waals surface area contributed by atoms with Gasteiger partial charge >= 0.3 is 0 Å². The number of hydrogen-bond donors (Lipinski definition) is 0. The number of aromatic nitrogens is 2. The number of rotatable bonds is 6. The second-order valence-corrected chi connectivity index (χ2v) is 11.3. The Hall–Kier alpha value is -2.66. The van der Waals surface area contributed by atoms with Crippen LogP contribution >= 0.6 is 0 Å². The van der Waals surface area contributed by atoms with Gasteiger partial charge in [0.15, 0.2) is 5.78 Å². The molecule has 4 heterocycles. The van der Waals surface area contributed by atoms with Crippen LogP contribution in [0.1, 0.15) is 71.3 Å². The van der Waals surface area contributed by atoms with Crippen LogP contribution in [0.3, 0.4) is 0 Å². The van der Waals surface area contributed by atoms with Crippen molar-refractivity contribution in [1.29, 1.82) is 0 Å². The highest BCUT2D eigenvalue weighted by molar-refractivity contribution is 6.03. The van der Waals surface area contributed by atoms with Gasteiger partial charge in [-0.3, -0.25) is 9.69 Å². The van der Waals surface area contributed by atoms with E-state index in [0.717, 1.165) is 76.3 Å². The number of piperazine rings is 1. The van der Waals surface area contributed by atoms with E-state index in [9.17, 15) is 4.79 Å². The van der Waals surface area contributed by atoms with Crippen molar-refractivity contribution in [2.75, 3.05) is 37.6 Å². The van der Waals surface area contributed by atoms with Gasteiger partial charge in [-0.1, -0.05) is 19.3 Å². The van der Waals surface area contributed by atoms with Crippen molar-refractivity contribution >= 4 is 22.5 Å². The largest absolute Gasteiger partial charge is 0.354 e. The van der Waals surface area contributed by atoms with E-state index < -0.39 is 0 Å². The predicted molar refractivity (Wildman–Crippen MR) is 147 cm³/mol. The smallest absolute Gasteiger partial charge is 0.165 e. The van der Waals surface area contributed by atoms with Gasteiger partial charge in [-0.05, 0) is 86.9 Å². The molecular weight excluding hydrogens is 444 g/mol. The molecule has 190 valence electrons. The fourth-order valence-corrected chi connectivity index (χ4v) is 6.89. The molecule has 0 N–H and O–H groups in total. The summed E-state index contributed by atoms with van der Waals surface area (Å²) >= 11 is 0. The molecule has 5 heteroatoms. The summed E-state index contributed by atoms with van der Waals surface area (Å²) in [5, 5.41) is 1.35. The molecule has 6 rings (SSSR count). The van der Waals surface area contributed by atoms with E-state index in [-0.39, 0.29) is 5.92 Å². The molecule has 1 saturated carbocycles. The Morgan fingerprint density at radius 2 is 1.78 bits per heavy atom. The van der Waals surface area contributed by atoms with Crippen LogP contribution < -0.4 is 4.90 Å². The molecule has 3 aliphatic rings. The molecule has 1 saturated heterocycles. The Bertz CT molecular complexity index is 1260. The number of hydrogen-bond acceptors (Lipinski definition) is 4. The Labute approximate surface area is 215 Å². The molecule has 0 atom stereocenters. The summed E-state index contributed by atoms with van der Waals surface area (Å²) in [7, 11) is 0. The van der Waals surface area contributed by atoms with Gasteiger partial charge in [0.05, 0.1) is 5.52 Å². The molecule has 0 unspecified atom stereocenters. The number of pyridine rings is 1. The van der Waals surface area contributed by atoms with Gasteiger partial charge in [-0.15, -0.1) is 0 Å². The highest BCUT2D eigenvalue weighted by Gasteiger charge is 2.27. The lowest BCUT2D eigenvalue weighted by Crippen LogP contribution is -2.47. The summed E-state index contributed by atoms with van der Waals surface area (Å²) in [6, 6.07) is 8.77. The first kappa shape index (κ1) is 23.7. The molecule has 2 aliphatic heterocycles. The quantitative estimate of drug-likeness (QED) is 0.419. The summed E-state index contributed by atoms with van der Waals surface area (Å²) < 4.78 is 2.54. The van der Waals surface area contributed by atoms with E-state index in [1.54, 1.807) is 0 Å². The van der Waals surface area contributed by atoms with E-state index in [1.807, 2.05) is 6.20 Å². The second kappa shape index (κ2) is 10.0. The number of nitrogens with zero attached hydrogens (tertiary/aromatic N) is 4. The average Bonchev–Trinajstić information content (AvgIpc) is 3.19. The lowest BCUT2D eigenvalue weighted by atomic mass is 9.83. The lowest BCUT2D eigenvalue weighted by Gasteiger charge is -2.35. The molecule has 0 bridgehead atoms. The van der Waals surface area contributed by atoms with Gasteiger partial charge in [0, 0.05) is 68.0 Å². The van der Waals surface area contributed by atoms with Crippen molar-refractivity contribution in [2.24, 2.45) is 5.92 Å². The highest BCUT2D eigenvalue weighted by atomic mass is 16.1.